The fraction of sp³-hybridized carbons (Fsp3) is 0.263. The number of aromatic nitrogens is 3. The summed E-state index contributed by atoms with van der Waals surface area (Å²) in [5.74, 6) is -0.291. The zero-order valence-electron chi connectivity index (χ0n) is 15.7. The largest absolute Gasteiger partial charge is 0.476 e. The van der Waals surface area contributed by atoms with Crippen LogP contribution in [0.3, 0.4) is 0 Å². The second kappa shape index (κ2) is 10.3. The van der Waals surface area contributed by atoms with E-state index in [0.29, 0.717) is 17.1 Å². The number of nitrogens with one attached hydrogen (secondary N) is 1. The van der Waals surface area contributed by atoms with Crippen LogP contribution in [0, 0.1) is 0 Å². The first-order chi connectivity index (χ1) is 14.6. The summed E-state index contributed by atoms with van der Waals surface area (Å²) >= 11 is 0. The quantitative estimate of drug-likeness (QED) is 0.548. The topological polar surface area (TPSA) is 114 Å². The van der Waals surface area contributed by atoms with Crippen LogP contribution in [-0.2, 0) is 0 Å². The fourth-order valence-electron chi connectivity index (χ4n) is 2.47. The Hall–Kier alpha value is -3.60. The van der Waals surface area contributed by atoms with Gasteiger partial charge in [0.1, 0.15) is 6.61 Å². The molecule has 0 bridgehead atoms. The van der Waals surface area contributed by atoms with Gasteiger partial charge in [-0.05, 0) is 30.3 Å². The molecule has 0 aliphatic carbocycles. The van der Waals surface area contributed by atoms with Crippen LogP contribution in [0.1, 0.15) is 12.3 Å². The molecule has 2 amide bonds. The average Bonchev–Trinajstić information content (AvgIpc) is 3.25. The van der Waals surface area contributed by atoms with Gasteiger partial charge in [-0.15, -0.1) is 0 Å². The average molecular weight is 419 g/mol. The van der Waals surface area contributed by atoms with Gasteiger partial charge in [-0.25, -0.2) is 9.78 Å². The van der Waals surface area contributed by atoms with Crippen molar-refractivity contribution in [2.75, 3.05) is 31.6 Å². The molecule has 0 unspecified atom stereocenters. The number of carbonyl (C=O) groups is 1. The second-order valence-electron chi connectivity index (χ2n) is 5.99. The van der Waals surface area contributed by atoms with Gasteiger partial charge in [0.05, 0.1) is 13.2 Å². The van der Waals surface area contributed by atoms with Gasteiger partial charge >= 0.3 is 12.5 Å². The third-order valence-corrected chi connectivity index (χ3v) is 3.93. The predicted octanol–water partition coefficient (Wildman–Crippen LogP) is 2.97. The summed E-state index contributed by atoms with van der Waals surface area (Å²) in [6.45, 7) is 0.350. The molecular weight excluding hydrogens is 400 g/mol. The summed E-state index contributed by atoms with van der Waals surface area (Å²) in [6, 6.07) is 11.1. The highest BCUT2D eigenvalue weighted by molar-refractivity contribution is 5.89. The number of nitrogens with zero attached hydrogens (tertiary/aromatic N) is 4. The van der Waals surface area contributed by atoms with Gasteiger partial charge in [-0.3, -0.25) is 0 Å². The minimum absolute atomic E-state index is 0.0248. The van der Waals surface area contributed by atoms with Gasteiger partial charge in [0, 0.05) is 30.1 Å². The molecule has 0 spiro atoms. The van der Waals surface area contributed by atoms with Crippen molar-refractivity contribution in [2.24, 2.45) is 0 Å². The van der Waals surface area contributed by atoms with Crippen molar-refractivity contribution in [3.05, 3.63) is 54.6 Å². The molecule has 9 nitrogen and oxygen atoms in total. The smallest absolute Gasteiger partial charge is 0.322 e. The molecule has 2 aromatic heterocycles. The highest BCUT2D eigenvalue weighted by atomic mass is 19.3. The van der Waals surface area contributed by atoms with E-state index in [4.69, 9.17) is 4.74 Å². The summed E-state index contributed by atoms with van der Waals surface area (Å²) in [5.41, 5.74) is 0.925. The van der Waals surface area contributed by atoms with Crippen LogP contribution in [0.5, 0.6) is 5.88 Å². The lowest BCUT2D eigenvalue weighted by Gasteiger charge is -2.22. The van der Waals surface area contributed by atoms with Crippen LogP contribution in [-0.4, -0.2) is 57.5 Å². The van der Waals surface area contributed by atoms with Crippen molar-refractivity contribution in [3.8, 4) is 17.3 Å². The Morgan fingerprint density at radius 1 is 1.20 bits per heavy atom. The molecule has 30 heavy (non-hydrogen) atoms. The molecule has 11 heteroatoms. The molecule has 0 saturated carbocycles. The number of halogens is 2. The maximum absolute atomic E-state index is 12.5. The molecule has 0 saturated heterocycles. The number of ether oxygens (including phenoxy) is 1. The lowest BCUT2D eigenvalue weighted by molar-refractivity contribution is 0.106. The monoisotopic (exact) mass is 419 g/mol. The lowest BCUT2D eigenvalue weighted by Crippen LogP contribution is -2.39. The number of hydrogen-bond acceptors (Lipinski definition) is 7. The van der Waals surface area contributed by atoms with Crippen LogP contribution in [0.2, 0.25) is 0 Å². The Labute approximate surface area is 170 Å². The highest BCUT2D eigenvalue weighted by Crippen LogP contribution is 2.22. The molecule has 2 heterocycles. The van der Waals surface area contributed by atoms with E-state index in [1.165, 1.54) is 4.90 Å². The van der Waals surface area contributed by atoms with Crippen LogP contribution in [0.4, 0.5) is 19.3 Å². The second-order valence-corrected chi connectivity index (χ2v) is 5.99. The first kappa shape index (κ1) is 21.1. The summed E-state index contributed by atoms with van der Waals surface area (Å²) in [5, 5.41) is 15.4. The number of pyridine rings is 1. The molecule has 0 radical (unpaired) electrons. The number of alkyl halides is 2. The zero-order valence-corrected chi connectivity index (χ0v) is 15.7. The van der Waals surface area contributed by atoms with Crippen molar-refractivity contribution >= 4 is 11.7 Å². The molecule has 3 rings (SSSR count). The van der Waals surface area contributed by atoms with Crippen LogP contribution in [0.25, 0.3) is 11.4 Å². The molecule has 0 aliphatic heterocycles. The molecule has 0 fully saturated rings. The van der Waals surface area contributed by atoms with Crippen molar-refractivity contribution in [1.82, 2.24) is 20.0 Å². The van der Waals surface area contributed by atoms with Crippen molar-refractivity contribution < 1.29 is 27.9 Å². The van der Waals surface area contributed by atoms with E-state index < -0.39 is 18.3 Å². The summed E-state index contributed by atoms with van der Waals surface area (Å²) in [4.78, 5) is 21.5. The molecule has 158 valence electrons. The van der Waals surface area contributed by atoms with Gasteiger partial charge in [0.15, 0.2) is 0 Å². The van der Waals surface area contributed by atoms with E-state index in [1.807, 2.05) is 0 Å². The fourth-order valence-corrected chi connectivity index (χ4v) is 2.47. The number of rotatable bonds is 9. The van der Waals surface area contributed by atoms with E-state index in [1.54, 1.807) is 48.7 Å². The number of urea groups is 1. The molecule has 0 atom stereocenters. The zero-order chi connectivity index (χ0) is 21.3. The van der Waals surface area contributed by atoms with Gasteiger partial charge < -0.3 is 24.6 Å². The van der Waals surface area contributed by atoms with E-state index in [0.717, 1.165) is 0 Å². The van der Waals surface area contributed by atoms with Crippen molar-refractivity contribution in [2.45, 2.75) is 6.43 Å². The van der Waals surface area contributed by atoms with Gasteiger partial charge in [-0.1, -0.05) is 11.2 Å². The first-order valence-electron chi connectivity index (χ1n) is 8.99. The molecule has 2 N–H and O–H groups in total. The number of aliphatic hydroxyl groups is 1. The SMILES string of the molecule is O=C(Nc1ccc(-c2noc(C(F)F)n2)cc1)N(CCO)CCOc1ccccn1. The Bertz CT molecular complexity index is 938. The normalized spacial score (nSPS) is 10.8. The van der Waals surface area contributed by atoms with Crippen LogP contribution in [0.15, 0.2) is 53.2 Å². The van der Waals surface area contributed by atoms with Gasteiger partial charge in [0.2, 0.25) is 11.7 Å². The Morgan fingerprint density at radius 2 is 2.00 bits per heavy atom. The van der Waals surface area contributed by atoms with E-state index in [2.05, 4.69) is 25.0 Å². The van der Waals surface area contributed by atoms with Crippen molar-refractivity contribution in [3.63, 3.8) is 0 Å². The van der Waals surface area contributed by atoms with Crippen LogP contribution >= 0.6 is 0 Å². The molecule has 3 aromatic rings. The van der Waals surface area contributed by atoms with Gasteiger partial charge in [-0.2, -0.15) is 13.8 Å². The molecular formula is C19H19F2N5O4. The predicted molar refractivity (Wildman–Crippen MR) is 102 cm³/mol. The maximum atomic E-state index is 12.5. The number of anilines is 1. The van der Waals surface area contributed by atoms with E-state index in [9.17, 15) is 18.7 Å². The summed E-state index contributed by atoms with van der Waals surface area (Å²) in [7, 11) is 0. The highest BCUT2D eigenvalue weighted by Gasteiger charge is 2.18. The summed E-state index contributed by atoms with van der Waals surface area (Å²) < 4.78 is 35.0. The minimum atomic E-state index is -2.84. The standard InChI is InChI=1S/C19H19F2N5O4/c20-16(21)18-24-17(25-30-18)13-4-6-14(7-5-13)23-19(28)26(9-11-27)10-12-29-15-3-1-2-8-22-15/h1-8,16,27H,9-12H2,(H,23,28). The van der Waals surface area contributed by atoms with Crippen LogP contribution < -0.4 is 10.1 Å². The first-order valence-corrected chi connectivity index (χ1v) is 8.99. The van der Waals surface area contributed by atoms with Gasteiger partial charge in [0.25, 0.3) is 5.89 Å². The third kappa shape index (κ3) is 5.70. The Morgan fingerprint density at radius 3 is 2.63 bits per heavy atom. The summed E-state index contributed by atoms with van der Waals surface area (Å²) in [6.07, 6.45) is -1.25. The molecule has 1 aromatic carbocycles. The number of hydrogen-bond donors (Lipinski definition) is 2. The Balaban J connectivity index is 1.56. The number of benzene rings is 1. The number of amides is 2. The van der Waals surface area contributed by atoms with E-state index in [-0.39, 0.29) is 32.1 Å². The minimum Gasteiger partial charge on any atom is -0.476 e. The third-order valence-electron chi connectivity index (χ3n) is 3.93. The van der Waals surface area contributed by atoms with E-state index >= 15 is 0 Å². The number of aliphatic hydroxyl groups excluding tert-OH is 1. The molecule has 0 aliphatic rings. The Kier molecular flexibility index (Phi) is 7.22. The number of carbonyl (C=O) groups excluding carboxylic acids is 1. The lowest BCUT2D eigenvalue weighted by atomic mass is 10.2. The maximum Gasteiger partial charge on any atom is 0.322 e. The van der Waals surface area contributed by atoms with Crippen molar-refractivity contribution in [1.29, 1.82) is 0 Å².